The third-order valence-corrected chi connectivity index (χ3v) is 4.00. The number of rotatable bonds is 8. The predicted octanol–water partition coefficient (Wildman–Crippen LogP) is 1.80. The van der Waals surface area contributed by atoms with Gasteiger partial charge in [-0.3, -0.25) is 4.79 Å². The average molecular weight is 367 g/mol. The van der Waals surface area contributed by atoms with Gasteiger partial charge in [-0.2, -0.15) is 0 Å². The summed E-state index contributed by atoms with van der Waals surface area (Å²) >= 11 is 0. The summed E-state index contributed by atoms with van der Waals surface area (Å²) in [5.41, 5.74) is 1.94. The molecule has 1 heterocycles. The number of hydrogen-bond acceptors (Lipinski definition) is 6. The number of benzene rings is 2. The highest BCUT2D eigenvalue weighted by atomic mass is 16.5. The summed E-state index contributed by atoms with van der Waals surface area (Å²) in [6.45, 7) is 2.26. The zero-order chi connectivity index (χ0) is 19.1. The van der Waals surface area contributed by atoms with Crippen LogP contribution in [-0.2, 0) is 11.2 Å². The van der Waals surface area contributed by atoms with Gasteiger partial charge in [-0.05, 0) is 65.7 Å². The van der Waals surface area contributed by atoms with E-state index in [4.69, 9.17) is 9.47 Å². The van der Waals surface area contributed by atoms with Crippen molar-refractivity contribution in [2.45, 2.75) is 19.4 Å². The highest BCUT2D eigenvalue weighted by molar-refractivity contribution is 5.80. The summed E-state index contributed by atoms with van der Waals surface area (Å²) in [6, 6.07) is 15.0. The van der Waals surface area contributed by atoms with Crippen molar-refractivity contribution in [1.82, 2.24) is 25.5 Å². The summed E-state index contributed by atoms with van der Waals surface area (Å²) < 4.78 is 12.4. The molecule has 1 N–H and O–H groups in total. The Labute approximate surface area is 157 Å². The van der Waals surface area contributed by atoms with Crippen molar-refractivity contribution in [3.63, 3.8) is 0 Å². The molecule has 140 valence electrons. The smallest absolute Gasteiger partial charge is 0.260 e. The number of aromatic nitrogens is 4. The normalized spacial score (nSPS) is 11.6. The number of ether oxygens (including phenoxy) is 2. The molecule has 8 nitrogen and oxygen atoms in total. The van der Waals surface area contributed by atoms with E-state index in [2.05, 4.69) is 20.8 Å². The highest BCUT2D eigenvalue weighted by Crippen LogP contribution is 2.16. The minimum Gasteiger partial charge on any atom is -0.497 e. The van der Waals surface area contributed by atoms with Gasteiger partial charge in [0.15, 0.2) is 6.10 Å². The van der Waals surface area contributed by atoms with Crippen molar-refractivity contribution >= 4 is 5.91 Å². The molecule has 1 amide bonds. The quantitative estimate of drug-likeness (QED) is 0.653. The molecule has 0 bridgehead atoms. The van der Waals surface area contributed by atoms with E-state index in [0.717, 1.165) is 23.4 Å². The lowest BCUT2D eigenvalue weighted by Gasteiger charge is -2.15. The van der Waals surface area contributed by atoms with Crippen molar-refractivity contribution in [1.29, 1.82) is 0 Å². The summed E-state index contributed by atoms with van der Waals surface area (Å²) in [7, 11) is 1.63. The lowest BCUT2D eigenvalue weighted by atomic mass is 10.1. The fourth-order valence-electron chi connectivity index (χ4n) is 2.48. The summed E-state index contributed by atoms with van der Waals surface area (Å²) in [5.74, 6) is 1.26. The van der Waals surface area contributed by atoms with Crippen LogP contribution >= 0.6 is 0 Å². The Balaban J connectivity index is 1.45. The Morgan fingerprint density at radius 2 is 1.81 bits per heavy atom. The first-order chi connectivity index (χ1) is 13.2. The van der Waals surface area contributed by atoms with Gasteiger partial charge in [0.1, 0.15) is 17.8 Å². The van der Waals surface area contributed by atoms with Crippen molar-refractivity contribution in [2.75, 3.05) is 13.7 Å². The third-order valence-electron chi connectivity index (χ3n) is 4.00. The average Bonchev–Trinajstić information content (AvgIpc) is 3.24. The minimum atomic E-state index is -0.597. The standard InChI is InChI=1S/C19H21N5O3/c1-14(19(25)20-12-11-15-3-7-17(26-2)8-4-15)27-18-9-5-16(6-10-18)24-13-21-22-23-24/h3-10,13-14H,11-12H2,1-2H3,(H,20,25). The van der Waals surface area contributed by atoms with E-state index in [1.165, 1.54) is 6.33 Å². The minimum absolute atomic E-state index is 0.159. The molecule has 2 aromatic carbocycles. The second kappa shape index (κ2) is 8.79. The molecule has 1 unspecified atom stereocenters. The van der Waals surface area contributed by atoms with Crippen LogP contribution in [0.3, 0.4) is 0 Å². The molecule has 0 aliphatic heterocycles. The molecule has 8 heteroatoms. The van der Waals surface area contributed by atoms with Crippen LogP contribution in [0, 0.1) is 0 Å². The fourth-order valence-corrected chi connectivity index (χ4v) is 2.48. The monoisotopic (exact) mass is 367 g/mol. The van der Waals surface area contributed by atoms with Crippen LogP contribution in [0.4, 0.5) is 0 Å². The number of carbonyl (C=O) groups is 1. The van der Waals surface area contributed by atoms with Crippen LogP contribution in [0.15, 0.2) is 54.9 Å². The molecule has 3 rings (SSSR count). The third kappa shape index (κ3) is 5.04. The zero-order valence-electron chi connectivity index (χ0n) is 15.2. The van der Waals surface area contributed by atoms with E-state index in [-0.39, 0.29) is 5.91 Å². The maximum Gasteiger partial charge on any atom is 0.260 e. The Morgan fingerprint density at radius 1 is 1.11 bits per heavy atom. The van der Waals surface area contributed by atoms with Gasteiger partial charge in [0.2, 0.25) is 0 Å². The highest BCUT2D eigenvalue weighted by Gasteiger charge is 2.14. The number of nitrogens with one attached hydrogen (secondary N) is 1. The van der Waals surface area contributed by atoms with Crippen molar-refractivity contribution in [2.24, 2.45) is 0 Å². The molecule has 0 fully saturated rings. The molecule has 0 aliphatic rings. The Bertz CT molecular complexity index is 848. The summed E-state index contributed by atoms with van der Waals surface area (Å²) in [4.78, 5) is 12.2. The van der Waals surface area contributed by atoms with Crippen LogP contribution < -0.4 is 14.8 Å². The van der Waals surface area contributed by atoms with Gasteiger partial charge in [-0.15, -0.1) is 5.10 Å². The fraction of sp³-hybridized carbons (Fsp3) is 0.263. The second-order valence-corrected chi connectivity index (χ2v) is 5.90. The summed E-state index contributed by atoms with van der Waals surface area (Å²) in [6.07, 6.45) is 1.65. The molecular formula is C19H21N5O3. The summed E-state index contributed by atoms with van der Waals surface area (Å²) in [5, 5.41) is 13.9. The number of nitrogens with zero attached hydrogens (tertiary/aromatic N) is 4. The van der Waals surface area contributed by atoms with Crippen LogP contribution in [0.2, 0.25) is 0 Å². The first-order valence-corrected chi connectivity index (χ1v) is 8.56. The SMILES string of the molecule is COc1ccc(CCNC(=O)C(C)Oc2ccc(-n3cnnn3)cc2)cc1. The number of amides is 1. The van der Waals surface area contributed by atoms with Gasteiger partial charge in [0.05, 0.1) is 12.8 Å². The molecule has 0 aliphatic carbocycles. The van der Waals surface area contributed by atoms with Crippen molar-refractivity contribution < 1.29 is 14.3 Å². The van der Waals surface area contributed by atoms with Crippen LogP contribution in [0.5, 0.6) is 11.5 Å². The van der Waals surface area contributed by atoms with Crippen LogP contribution in [0.25, 0.3) is 5.69 Å². The topological polar surface area (TPSA) is 91.2 Å². The van der Waals surface area contributed by atoms with Crippen molar-refractivity contribution in [3.8, 4) is 17.2 Å². The first-order valence-electron chi connectivity index (χ1n) is 8.56. The number of hydrogen-bond donors (Lipinski definition) is 1. The number of tetrazole rings is 1. The van der Waals surface area contributed by atoms with Crippen molar-refractivity contribution in [3.05, 3.63) is 60.4 Å². The molecular weight excluding hydrogens is 346 g/mol. The van der Waals surface area contributed by atoms with E-state index >= 15 is 0 Å². The molecule has 0 spiro atoms. The van der Waals surface area contributed by atoms with Crippen LogP contribution in [-0.4, -0.2) is 45.9 Å². The molecule has 1 atom stereocenters. The number of methoxy groups -OCH3 is 1. The van der Waals surface area contributed by atoms with Gasteiger partial charge in [-0.1, -0.05) is 12.1 Å². The largest absolute Gasteiger partial charge is 0.497 e. The van der Waals surface area contributed by atoms with E-state index in [9.17, 15) is 4.79 Å². The van der Waals surface area contributed by atoms with E-state index in [1.54, 1.807) is 30.8 Å². The zero-order valence-corrected chi connectivity index (χ0v) is 15.2. The van der Waals surface area contributed by atoms with Gasteiger partial charge >= 0.3 is 0 Å². The maximum absolute atomic E-state index is 12.2. The predicted molar refractivity (Wildman–Crippen MR) is 99.0 cm³/mol. The lowest BCUT2D eigenvalue weighted by molar-refractivity contribution is -0.127. The molecule has 0 saturated heterocycles. The first kappa shape index (κ1) is 18.4. The Hall–Kier alpha value is -3.42. The second-order valence-electron chi connectivity index (χ2n) is 5.90. The van der Waals surface area contributed by atoms with Gasteiger partial charge in [0.25, 0.3) is 5.91 Å². The molecule has 27 heavy (non-hydrogen) atoms. The molecule has 0 saturated carbocycles. The van der Waals surface area contributed by atoms with Gasteiger partial charge in [-0.25, -0.2) is 4.68 Å². The Kier molecular flexibility index (Phi) is 5.98. The lowest BCUT2D eigenvalue weighted by Crippen LogP contribution is -2.37. The Morgan fingerprint density at radius 3 is 2.44 bits per heavy atom. The molecule has 1 aromatic heterocycles. The molecule has 0 radical (unpaired) electrons. The molecule has 3 aromatic rings. The van der Waals surface area contributed by atoms with E-state index < -0.39 is 6.10 Å². The van der Waals surface area contributed by atoms with Gasteiger partial charge < -0.3 is 14.8 Å². The number of carbonyl (C=O) groups excluding carboxylic acids is 1. The van der Waals surface area contributed by atoms with Crippen LogP contribution in [0.1, 0.15) is 12.5 Å². The maximum atomic E-state index is 12.2. The van der Waals surface area contributed by atoms with E-state index in [1.807, 2.05) is 36.4 Å². The van der Waals surface area contributed by atoms with E-state index in [0.29, 0.717) is 12.3 Å². The van der Waals surface area contributed by atoms with Gasteiger partial charge in [0, 0.05) is 6.54 Å².